The number of nitrogens with two attached hydrogens (primary N) is 1. The van der Waals surface area contributed by atoms with E-state index in [4.69, 9.17) is 5.73 Å². The van der Waals surface area contributed by atoms with Gasteiger partial charge in [0.05, 0.1) is 52.3 Å². The molecule has 3 amide bonds. The van der Waals surface area contributed by atoms with E-state index < -0.39 is 15.9 Å². The minimum Gasteiger partial charge on any atom is -0.365 e. The van der Waals surface area contributed by atoms with Crippen molar-refractivity contribution >= 4 is 45.1 Å². The molecular formula is C21H22N7O4S+. The molecule has 2 aromatic rings. The second-order valence-corrected chi connectivity index (χ2v) is 10.1. The molecule has 5 rings (SSSR count). The number of sulfonamides is 1. The molecule has 0 bridgehead atoms. The molecule has 1 fully saturated rings. The number of amides is 3. The molecule has 4 heterocycles. The van der Waals surface area contributed by atoms with Gasteiger partial charge in [-0.2, -0.15) is 13.5 Å². The number of carbonyl (C=O) groups is 2. The summed E-state index contributed by atoms with van der Waals surface area (Å²) in [5, 5.41) is 7.58. The van der Waals surface area contributed by atoms with Gasteiger partial charge in [-0.25, -0.2) is 9.31 Å². The molecule has 170 valence electrons. The molecule has 1 aliphatic carbocycles. The Morgan fingerprint density at radius 1 is 1.30 bits per heavy atom. The summed E-state index contributed by atoms with van der Waals surface area (Å²) in [6, 6.07) is 1.68. The Labute approximate surface area is 189 Å². The van der Waals surface area contributed by atoms with Crippen LogP contribution in [0.5, 0.6) is 0 Å². The van der Waals surface area contributed by atoms with Crippen LogP contribution in [-0.4, -0.2) is 71.5 Å². The van der Waals surface area contributed by atoms with Crippen LogP contribution in [0.1, 0.15) is 17.3 Å². The van der Waals surface area contributed by atoms with Crippen LogP contribution in [0.3, 0.4) is 0 Å². The second kappa shape index (κ2) is 7.04. The number of nitrogens with zero attached hydrogens (tertiary/aromatic N) is 5. The van der Waals surface area contributed by atoms with Crippen molar-refractivity contribution in [2.45, 2.75) is 6.92 Å². The third-order valence-electron chi connectivity index (χ3n) is 6.00. The molecule has 0 unspecified atom stereocenters. The fourth-order valence-corrected chi connectivity index (χ4v) is 4.74. The molecule has 0 atom stereocenters. The van der Waals surface area contributed by atoms with E-state index in [2.05, 4.69) is 10.4 Å². The summed E-state index contributed by atoms with van der Waals surface area (Å²) in [5.41, 5.74) is 10.6. The average molecular weight is 469 g/mol. The zero-order chi connectivity index (χ0) is 23.7. The number of rotatable bonds is 5. The molecule has 2 aromatic heterocycles. The van der Waals surface area contributed by atoms with Gasteiger partial charge in [0, 0.05) is 25.8 Å². The van der Waals surface area contributed by atoms with Gasteiger partial charge in [0.15, 0.2) is 12.4 Å². The smallest absolute Gasteiger partial charge is 0.365 e. The Bertz CT molecular complexity index is 1490. The van der Waals surface area contributed by atoms with Crippen molar-refractivity contribution in [2.24, 2.45) is 5.73 Å². The predicted molar refractivity (Wildman–Crippen MR) is 123 cm³/mol. The lowest BCUT2D eigenvalue weighted by Gasteiger charge is -2.13. The monoisotopic (exact) mass is 468 g/mol. The first-order valence-corrected chi connectivity index (χ1v) is 12.0. The number of hydrogen-bond acceptors (Lipinski definition) is 6. The van der Waals surface area contributed by atoms with Crippen molar-refractivity contribution in [3.63, 3.8) is 0 Å². The lowest BCUT2D eigenvalue weighted by Crippen LogP contribution is -2.28. The summed E-state index contributed by atoms with van der Waals surface area (Å²) < 4.78 is 26.5. The Morgan fingerprint density at radius 3 is 2.67 bits per heavy atom. The Hall–Kier alpha value is -3.93. The Kier molecular flexibility index (Phi) is 4.47. The zero-order valence-electron chi connectivity index (χ0n) is 18.2. The SMILES string of the molecule is CC1=C(Nc2c(C(N)=O)cnn3cc(N4CCN(C)C4=O)cc23)C=C2C=[N+](S(C)(=O)=O)C=C21. The number of nitrogens with one attached hydrogen (secondary N) is 1. The number of fused-ring (bicyclic) bond motifs is 2. The highest BCUT2D eigenvalue weighted by Crippen LogP contribution is 2.36. The molecule has 0 saturated carbocycles. The van der Waals surface area contributed by atoms with Crippen molar-refractivity contribution in [1.82, 2.24) is 14.5 Å². The minimum atomic E-state index is -3.40. The number of hydrogen-bond donors (Lipinski definition) is 2. The molecule has 11 nitrogen and oxygen atoms in total. The van der Waals surface area contributed by atoms with Crippen LogP contribution in [0.4, 0.5) is 16.2 Å². The minimum absolute atomic E-state index is 0.111. The van der Waals surface area contributed by atoms with Gasteiger partial charge in [0.2, 0.25) is 0 Å². The van der Waals surface area contributed by atoms with Crippen molar-refractivity contribution in [3.8, 4) is 0 Å². The number of aromatic nitrogens is 2. The van der Waals surface area contributed by atoms with Gasteiger partial charge >= 0.3 is 16.1 Å². The van der Waals surface area contributed by atoms with E-state index in [0.717, 1.165) is 23.0 Å². The highest BCUT2D eigenvalue weighted by molar-refractivity contribution is 7.84. The van der Waals surface area contributed by atoms with E-state index in [9.17, 15) is 18.0 Å². The van der Waals surface area contributed by atoms with Crippen LogP contribution in [0.2, 0.25) is 0 Å². The Balaban J connectivity index is 1.57. The van der Waals surface area contributed by atoms with Gasteiger partial charge in [-0.05, 0) is 24.6 Å². The Morgan fingerprint density at radius 2 is 2.06 bits per heavy atom. The molecule has 33 heavy (non-hydrogen) atoms. The average Bonchev–Trinajstić information content (AvgIpc) is 3.48. The highest BCUT2D eigenvalue weighted by Gasteiger charge is 2.33. The summed E-state index contributed by atoms with van der Waals surface area (Å²) in [7, 11) is -1.65. The second-order valence-electron chi connectivity index (χ2n) is 8.21. The number of allylic oxidation sites excluding steroid dienone is 4. The lowest BCUT2D eigenvalue weighted by molar-refractivity contribution is -0.268. The maximum atomic E-state index is 12.4. The van der Waals surface area contributed by atoms with Crippen LogP contribution in [0.15, 0.2) is 53.2 Å². The quantitative estimate of drug-likeness (QED) is 0.626. The predicted octanol–water partition coefficient (Wildman–Crippen LogP) is 0.871. The van der Waals surface area contributed by atoms with Crippen molar-refractivity contribution < 1.29 is 22.0 Å². The van der Waals surface area contributed by atoms with Crippen LogP contribution in [0, 0.1) is 0 Å². The van der Waals surface area contributed by atoms with Crippen molar-refractivity contribution in [1.29, 1.82) is 0 Å². The highest BCUT2D eigenvalue weighted by atomic mass is 32.2. The summed E-state index contributed by atoms with van der Waals surface area (Å²) in [6.07, 6.45) is 9.18. The molecule has 3 N–H and O–H groups in total. The maximum absolute atomic E-state index is 12.4. The van der Waals surface area contributed by atoms with Crippen molar-refractivity contribution in [2.75, 3.05) is 36.6 Å². The molecule has 0 spiro atoms. The first-order chi connectivity index (χ1) is 15.5. The molecule has 0 radical (unpaired) electrons. The fraction of sp³-hybridized carbons (Fsp3) is 0.238. The molecule has 3 aliphatic rings. The third-order valence-corrected chi connectivity index (χ3v) is 6.98. The van der Waals surface area contributed by atoms with E-state index in [1.807, 2.05) is 13.0 Å². The number of anilines is 2. The first kappa shape index (κ1) is 20.9. The number of likely N-dealkylation sites (N-methyl/N-ethyl adjacent to an activating group) is 1. The number of carbonyl (C=O) groups excluding carboxylic acids is 2. The van der Waals surface area contributed by atoms with Gasteiger partial charge in [-0.1, -0.05) is 3.98 Å². The standard InChI is InChI=1S/C21H21N7O4S/c1-12-16-11-26(33(3,31)32)9-13(16)6-17(12)24-19-15(20(22)29)8-23-28-10-14(7-18(19)28)27-5-4-25(2)21(27)30/h6-11H,4-5H2,1-3H3,(H2-,22,23,24,29)/p+1. The van der Waals surface area contributed by atoms with Gasteiger partial charge in [-0.15, -0.1) is 0 Å². The van der Waals surface area contributed by atoms with Gasteiger partial charge in [0.1, 0.15) is 0 Å². The fourth-order valence-electron chi connectivity index (χ4n) is 4.13. The number of urea groups is 1. The van der Waals surface area contributed by atoms with Crippen molar-refractivity contribution in [3.05, 3.63) is 58.7 Å². The van der Waals surface area contributed by atoms with Crippen LogP contribution >= 0.6 is 0 Å². The summed E-state index contributed by atoms with van der Waals surface area (Å²) in [5.74, 6) is -0.648. The van der Waals surface area contributed by atoms with Crippen LogP contribution < -0.4 is 16.0 Å². The molecule has 2 aliphatic heterocycles. The van der Waals surface area contributed by atoms with Crippen LogP contribution in [0.25, 0.3) is 5.52 Å². The van der Waals surface area contributed by atoms with Gasteiger partial charge in [-0.3, -0.25) is 9.69 Å². The molecular weight excluding hydrogens is 446 g/mol. The topological polar surface area (TPSA) is 133 Å². The molecule has 0 aromatic carbocycles. The van der Waals surface area contributed by atoms with Gasteiger partial charge in [0.25, 0.3) is 5.91 Å². The third kappa shape index (κ3) is 3.30. The van der Waals surface area contributed by atoms with Gasteiger partial charge < -0.3 is 16.0 Å². The van der Waals surface area contributed by atoms with E-state index in [1.165, 1.54) is 10.2 Å². The first-order valence-electron chi connectivity index (χ1n) is 10.1. The van der Waals surface area contributed by atoms with E-state index in [1.54, 1.807) is 46.0 Å². The number of primary amides is 1. The molecule has 1 saturated heterocycles. The van der Waals surface area contributed by atoms with E-state index >= 15 is 0 Å². The van der Waals surface area contributed by atoms with E-state index in [0.29, 0.717) is 35.7 Å². The van der Waals surface area contributed by atoms with E-state index in [-0.39, 0.29) is 11.6 Å². The summed E-state index contributed by atoms with van der Waals surface area (Å²) >= 11 is 0. The largest absolute Gasteiger partial charge is 0.366 e. The summed E-state index contributed by atoms with van der Waals surface area (Å²) in [6.45, 7) is 3.03. The zero-order valence-corrected chi connectivity index (χ0v) is 19.0. The van der Waals surface area contributed by atoms with Crippen LogP contribution in [-0.2, 0) is 10.0 Å². The maximum Gasteiger partial charge on any atom is 0.366 e. The lowest BCUT2D eigenvalue weighted by atomic mass is 10.1. The molecule has 12 heteroatoms. The summed E-state index contributed by atoms with van der Waals surface area (Å²) in [4.78, 5) is 27.9. The normalized spacial score (nSPS) is 18.2.